The third kappa shape index (κ3) is 2.95. The molecule has 1 aromatic carbocycles. The summed E-state index contributed by atoms with van der Waals surface area (Å²) in [5.41, 5.74) is 2.31. The van der Waals surface area contributed by atoms with Crippen molar-refractivity contribution in [2.75, 3.05) is 20.2 Å². The van der Waals surface area contributed by atoms with Gasteiger partial charge in [0, 0.05) is 37.3 Å². The maximum absolute atomic E-state index is 9.51. The van der Waals surface area contributed by atoms with Gasteiger partial charge in [0.15, 0.2) is 0 Å². The number of benzene rings is 1. The number of nitriles is 1. The molecule has 1 aliphatic heterocycles. The minimum Gasteiger partial charge on any atom is -0.481 e. The smallest absolute Gasteiger partial charge is 0.216 e. The zero-order chi connectivity index (χ0) is 15.4. The normalized spacial score (nSPS) is 21.5. The molecule has 2 aromatic rings. The van der Waals surface area contributed by atoms with E-state index in [1.807, 2.05) is 18.2 Å². The molecule has 0 spiro atoms. The van der Waals surface area contributed by atoms with Crippen LogP contribution in [0.3, 0.4) is 0 Å². The largest absolute Gasteiger partial charge is 0.481 e. The number of rotatable bonds is 4. The Morgan fingerprint density at radius 1 is 1.23 bits per heavy atom. The Kier molecular flexibility index (Phi) is 4.36. The van der Waals surface area contributed by atoms with Gasteiger partial charge >= 0.3 is 0 Å². The minimum atomic E-state index is -0.0261. The molecule has 2 heterocycles. The van der Waals surface area contributed by atoms with Crippen molar-refractivity contribution < 1.29 is 4.74 Å². The second-order valence-electron chi connectivity index (χ2n) is 5.62. The van der Waals surface area contributed by atoms with Crippen LogP contribution in [0.1, 0.15) is 17.0 Å². The Bertz CT molecular complexity index is 666. The van der Waals surface area contributed by atoms with Crippen molar-refractivity contribution in [2.45, 2.75) is 12.5 Å². The summed E-state index contributed by atoms with van der Waals surface area (Å²) in [7, 11) is 1.63. The maximum atomic E-state index is 9.51. The summed E-state index contributed by atoms with van der Waals surface area (Å²) in [5, 5.41) is 9.51. The fourth-order valence-corrected chi connectivity index (χ4v) is 3.16. The van der Waals surface area contributed by atoms with Crippen molar-refractivity contribution in [1.82, 2.24) is 9.88 Å². The molecule has 22 heavy (non-hydrogen) atoms. The van der Waals surface area contributed by atoms with Crippen LogP contribution >= 0.6 is 0 Å². The van der Waals surface area contributed by atoms with Crippen molar-refractivity contribution in [2.24, 2.45) is 5.92 Å². The third-order valence-electron chi connectivity index (χ3n) is 4.20. The number of pyridine rings is 1. The molecule has 1 fully saturated rings. The Morgan fingerprint density at radius 2 is 2.05 bits per heavy atom. The van der Waals surface area contributed by atoms with Crippen molar-refractivity contribution in [3.05, 3.63) is 59.8 Å². The molecule has 4 heteroatoms. The van der Waals surface area contributed by atoms with Gasteiger partial charge in [-0.1, -0.05) is 36.4 Å². The summed E-state index contributed by atoms with van der Waals surface area (Å²) in [6.45, 7) is 2.52. The van der Waals surface area contributed by atoms with Crippen LogP contribution in [0.15, 0.2) is 48.7 Å². The molecule has 0 aliphatic carbocycles. The lowest BCUT2D eigenvalue weighted by atomic mass is 9.90. The first-order valence-corrected chi connectivity index (χ1v) is 7.46. The molecule has 112 valence electrons. The number of ether oxygens (including phenoxy) is 1. The quantitative estimate of drug-likeness (QED) is 0.869. The fourth-order valence-electron chi connectivity index (χ4n) is 3.16. The number of nitrogens with zero attached hydrogens (tertiary/aromatic N) is 3. The van der Waals surface area contributed by atoms with Gasteiger partial charge in [0.05, 0.1) is 19.1 Å². The highest BCUT2D eigenvalue weighted by Gasteiger charge is 2.35. The maximum Gasteiger partial charge on any atom is 0.216 e. The minimum absolute atomic E-state index is 0.0261. The van der Waals surface area contributed by atoms with E-state index in [-0.39, 0.29) is 11.8 Å². The average molecular weight is 293 g/mol. The van der Waals surface area contributed by atoms with Crippen LogP contribution in [0.4, 0.5) is 0 Å². The highest BCUT2D eigenvalue weighted by Crippen LogP contribution is 2.36. The Hall–Kier alpha value is -2.38. The predicted molar refractivity (Wildman–Crippen MR) is 84.4 cm³/mol. The van der Waals surface area contributed by atoms with Crippen molar-refractivity contribution in [3.8, 4) is 11.9 Å². The predicted octanol–water partition coefficient (Wildman–Crippen LogP) is 2.83. The van der Waals surface area contributed by atoms with Crippen LogP contribution in [-0.2, 0) is 6.54 Å². The van der Waals surface area contributed by atoms with E-state index < -0.39 is 0 Å². The van der Waals surface area contributed by atoms with Gasteiger partial charge in [-0.05, 0) is 11.6 Å². The molecule has 0 saturated carbocycles. The number of hydrogen-bond donors (Lipinski definition) is 0. The first-order valence-electron chi connectivity index (χ1n) is 7.46. The van der Waals surface area contributed by atoms with E-state index in [0.29, 0.717) is 5.88 Å². The van der Waals surface area contributed by atoms with Crippen molar-refractivity contribution in [1.29, 1.82) is 5.26 Å². The van der Waals surface area contributed by atoms with Crippen LogP contribution in [0.2, 0.25) is 0 Å². The SMILES string of the molecule is COc1ncccc1[C@@H]1CN(Cc2ccccc2)C[C@H]1C#N. The highest BCUT2D eigenvalue weighted by atomic mass is 16.5. The molecular weight excluding hydrogens is 274 g/mol. The summed E-state index contributed by atoms with van der Waals surface area (Å²) in [5.74, 6) is 0.758. The Balaban J connectivity index is 1.79. The molecule has 1 aliphatic rings. The lowest BCUT2D eigenvalue weighted by Gasteiger charge is -2.17. The van der Waals surface area contributed by atoms with E-state index in [1.54, 1.807) is 13.3 Å². The van der Waals surface area contributed by atoms with Crippen LogP contribution < -0.4 is 4.74 Å². The first kappa shape index (κ1) is 14.6. The van der Waals surface area contributed by atoms with E-state index in [2.05, 4.69) is 40.2 Å². The topological polar surface area (TPSA) is 49.1 Å². The summed E-state index contributed by atoms with van der Waals surface area (Å²) in [6.07, 6.45) is 1.72. The van der Waals surface area contributed by atoms with Crippen LogP contribution in [0.25, 0.3) is 0 Å². The number of hydrogen-bond acceptors (Lipinski definition) is 4. The van der Waals surface area contributed by atoms with E-state index in [4.69, 9.17) is 4.74 Å². The van der Waals surface area contributed by atoms with Gasteiger partial charge in [0.25, 0.3) is 0 Å². The summed E-state index contributed by atoms with van der Waals surface area (Å²) >= 11 is 0. The molecule has 4 nitrogen and oxygen atoms in total. The molecule has 0 amide bonds. The zero-order valence-corrected chi connectivity index (χ0v) is 12.6. The lowest BCUT2D eigenvalue weighted by molar-refractivity contribution is 0.321. The second-order valence-corrected chi connectivity index (χ2v) is 5.62. The molecule has 0 unspecified atom stereocenters. The molecule has 0 N–H and O–H groups in total. The first-order chi connectivity index (χ1) is 10.8. The van der Waals surface area contributed by atoms with Crippen LogP contribution in [0.5, 0.6) is 5.88 Å². The van der Waals surface area contributed by atoms with Crippen LogP contribution in [-0.4, -0.2) is 30.1 Å². The summed E-state index contributed by atoms with van der Waals surface area (Å²) < 4.78 is 5.37. The highest BCUT2D eigenvalue weighted by molar-refractivity contribution is 5.33. The molecule has 1 aromatic heterocycles. The van der Waals surface area contributed by atoms with Gasteiger partial charge in [-0.2, -0.15) is 5.26 Å². The van der Waals surface area contributed by atoms with E-state index in [0.717, 1.165) is 25.2 Å². The lowest BCUT2D eigenvalue weighted by Crippen LogP contribution is -2.20. The third-order valence-corrected chi connectivity index (χ3v) is 4.20. The standard InChI is InChI=1S/C18H19N3O/c1-22-18-16(8-5-9-20-18)17-13-21(12-15(17)10-19)11-14-6-3-2-4-7-14/h2-9,15,17H,11-13H2,1H3/t15-,17-/m1/s1. The Labute approximate surface area is 131 Å². The Morgan fingerprint density at radius 3 is 2.77 bits per heavy atom. The fraction of sp³-hybridized carbons (Fsp3) is 0.333. The van der Waals surface area contributed by atoms with E-state index in [1.165, 1.54) is 5.56 Å². The summed E-state index contributed by atoms with van der Waals surface area (Å²) in [6, 6.07) is 16.8. The van der Waals surface area contributed by atoms with E-state index in [9.17, 15) is 5.26 Å². The number of aromatic nitrogens is 1. The molecular formula is C18H19N3O. The number of methoxy groups -OCH3 is 1. The zero-order valence-electron chi connectivity index (χ0n) is 12.6. The average Bonchev–Trinajstić information content (AvgIpc) is 2.98. The molecule has 2 atom stereocenters. The van der Waals surface area contributed by atoms with Gasteiger partial charge in [0.2, 0.25) is 5.88 Å². The molecule has 3 rings (SSSR count). The molecule has 0 radical (unpaired) electrons. The van der Waals surface area contributed by atoms with Gasteiger partial charge in [0.1, 0.15) is 0 Å². The van der Waals surface area contributed by atoms with E-state index >= 15 is 0 Å². The summed E-state index contributed by atoms with van der Waals surface area (Å²) in [4.78, 5) is 6.60. The van der Waals surface area contributed by atoms with Gasteiger partial charge in [-0.3, -0.25) is 4.90 Å². The second kappa shape index (κ2) is 6.59. The van der Waals surface area contributed by atoms with Gasteiger partial charge in [-0.25, -0.2) is 4.98 Å². The van der Waals surface area contributed by atoms with Crippen molar-refractivity contribution in [3.63, 3.8) is 0 Å². The van der Waals surface area contributed by atoms with Gasteiger partial charge in [-0.15, -0.1) is 0 Å². The van der Waals surface area contributed by atoms with Gasteiger partial charge < -0.3 is 4.74 Å². The van der Waals surface area contributed by atoms with Crippen LogP contribution in [0, 0.1) is 17.2 Å². The number of likely N-dealkylation sites (tertiary alicyclic amines) is 1. The molecule has 0 bridgehead atoms. The monoisotopic (exact) mass is 293 g/mol. The van der Waals surface area contributed by atoms with Crippen molar-refractivity contribution >= 4 is 0 Å². The molecule has 1 saturated heterocycles.